The van der Waals surface area contributed by atoms with Gasteiger partial charge in [0.2, 0.25) is 11.8 Å². The number of unbranched alkanes of at least 4 members (excludes halogenated alkanes) is 5. The van der Waals surface area contributed by atoms with Crippen molar-refractivity contribution in [2.75, 3.05) is 18.6 Å². The Morgan fingerprint density at radius 2 is 1.54 bits per heavy atom. The molecule has 1 aromatic carbocycles. The summed E-state index contributed by atoms with van der Waals surface area (Å²) in [5.41, 5.74) is 2.16. The molecular formula is C31H53N3O4S. The predicted octanol–water partition coefficient (Wildman–Crippen LogP) is 6.70. The fraction of sp³-hybridized carbons (Fsp3) is 0.710. The Bertz CT molecular complexity index is 893. The number of carbonyl (C=O) groups excluding carboxylic acids is 3. The third-order valence-corrected chi connectivity index (χ3v) is 6.83. The molecule has 0 saturated heterocycles. The number of thioether (sulfide) groups is 1. The number of ether oxygens (including phenoxy) is 1. The first-order valence-corrected chi connectivity index (χ1v) is 15.9. The number of benzene rings is 1. The van der Waals surface area contributed by atoms with E-state index >= 15 is 0 Å². The molecule has 1 rings (SSSR count). The van der Waals surface area contributed by atoms with E-state index in [2.05, 4.69) is 23.6 Å². The van der Waals surface area contributed by atoms with Crippen LogP contribution in [0.15, 0.2) is 18.2 Å². The van der Waals surface area contributed by atoms with E-state index < -0.39 is 23.8 Å². The van der Waals surface area contributed by atoms with E-state index in [1.807, 2.05) is 46.1 Å². The largest absolute Gasteiger partial charge is 0.444 e. The van der Waals surface area contributed by atoms with E-state index in [4.69, 9.17) is 4.74 Å². The van der Waals surface area contributed by atoms with Gasteiger partial charge in [0.25, 0.3) is 0 Å². The van der Waals surface area contributed by atoms with Gasteiger partial charge >= 0.3 is 6.09 Å². The molecule has 0 radical (unpaired) electrons. The third kappa shape index (κ3) is 13.6. The van der Waals surface area contributed by atoms with Gasteiger partial charge in [0.15, 0.2) is 0 Å². The first-order valence-electron chi connectivity index (χ1n) is 14.5. The van der Waals surface area contributed by atoms with E-state index in [0.29, 0.717) is 18.7 Å². The average molecular weight is 564 g/mol. The van der Waals surface area contributed by atoms with Crippen LogP contribution in [0.25, 0.3) is 0 Å². The molecule has 0 aliphatic carbocycles. The van der Waals surface area contributed by atoms with Crippen molar-refractivity contribution in [3.63, 3.8) is 0 Å². The Morgan fingerprint density at radius 1 is 0.949 bits per heavy atom. The van der Waals surface area contributed by atoms with Crippen LogP contribution in [0.3, 0.4) is 0 Å². The Labute approximate surface area is 241 Å². The van der Waals surface area contributed by atoms with Gasteiger partial charge in [0, 0.05) is 12.6 Å². The van der Waals surface area contributed by atoms with Crippen molar-refractivity contribution >= 4 is 29.7 Å². The van der Waals surface area contributed by atoms with Crippen LogP contribution in [0, 0.1) is 13.8 Å². The van der Waals surface area contributed by atoms with Crippen LogP contribution in [0.4, 0.5) is 4.79 Å². The molecule has 8 heteroatoms. The molecule has 0 saturated carbocycles. The molecule has 1 aromatic rings. The van der Waals surface area contributed by atoms with Gasteiger partial charge in [-0.15, -0.1) is 0 Å². The highest BCUT2D eigenvalue weighted by atomic mass is 32.2. The molecule has 0 spiro atoms. The average Bonchev–Trinajstić information content (AvgIpc) is 2.80. The minimum Gasteiger partial charge on any atom is -0.444 e. The van der Waals surface area contributed by atoms with Crippen LogP contribution < -0.4 is 10.6 Å². The molecule has 0 aromatic heterocycles. The second-order valence-electron chi connectivity index (χ2n) is 11.8. The molecule has 0 heterocycles. The van der Waals surface area contributed by atoms with E-state index in [-0.39, 0.29) is 17.9 Å². The maximum absolute atomic E-state index is 14.3. The van der Waals surface area contributed by atoms with Crippen molar-refractivity contribution in [1.82, 2.24) is 15.5 Å². The Hall–Kier alpha value is -2.22. The highest BCUT2D eigenvalue weighted by Gasteiger charge is 2.36. The van der Waals surface area contributed by atoms with Crippen LogP contribution in [0.2, 0.25) is 0 Å². The Kier molecular flexibility index (Phi) is 15.6. The number of nitrogens with one attached hydrogen (secondary N) is 2. The summed E-state index contributed by atoms with van der Waals surface area (Å²) in [5.74, 6) is 0.213. The summed E-state index contributed by atoms with van der Waals surface area (Å²) in [7, 11) is 0. The summed E-state index contributed by atoms with van der Waals surface area (Å²) in [6.07, 6.45) is 8.16. The van der Waals surface area contributed by atoms with Crippen LogP contribution in [-0.2, 0) is 14.3 Å². The lowest BCUT2D eigenvalue weighted by Crippen LogP contribution is -2.54. The van der Waals surface area contributed by atoms with Gasteiger partial charge in [-0.25, -0.2) is 4.79 Å². The molecular weight excluding hydrogens is 510 g/mol. The number of hydrogen-bond acceptors (Lipinski definition) is 5. The van der Waals surface area contributed by atoms with Gasteiger partial charge in [-0.1, -0.05) is 68.4 Å². The molecule has 3 amide bonds. The summed E-state index contributed by atoms with van der Waals surface area (Å²) in [5, 5.41) is 5.86. The number of alkyl carbamates (subject to hydrolysis) is 1. The molecule has 2 atom stereocenters. The molecule has 0 bridgehead atoms. The fourth-order valence-corrected chi connectivity index (χ4v) is 5.05. The zero-order chi connectivity index (χ0) is 29.6. The molecule has 0 aliphatic rings. The van der Waals surface area contributed by atoms with Crippen molar-refractivity contribution in [2.45, 2.75) is 124 Å². The zero-order valence-corrected chi connectivity index (χ0v) is 26.6. The standard InChI is InChI=1S/C31H53N3O4S/c1-10-11-12-13-14-15-17-34(29(36)26(16-18-39-9)33-30(37)38-31(6,7)8)27(28(35)32-22(2)3)25-20-23(4)19-24(5)21-25/h19-22,26-27H,10-18H2,1-9H3,(H,32,35)(H,33,37). The quantitative estimate of drug-likeness (QED) is 0.218. The van der Waals surface area contributed by atoms with Gasteiger partial charge in [0.1, 0.15) is 17.7 Å². The van der Waals surface area contributed by atoms with Gasteiger partial charge in [-0.3, -0.25) is 9.59 Å². The maximum atomic E-state index is 14.3. The second kappa shape index (κ2) is 17.5. The molecule has 7 nitrogen and oxygen atoms in total. The monoisotopic (exact) mass is 563 g/mol. The van der Waals surface area contributed by atoms with Gasteiger partial charge in [0.05, 0.1) is 0 Å². The Morgan fingerprint density at radius 3 is 2.08 bits per heavy atom. The number of nitrogens with zero attached hydrogens (tertiary/aromatic N) is 1. The minimum absolute atomic E-state index is 0.0796. The number of amides is 3. The van der Waals surface area contributed by atoms with Crippen LogP contribution in [-0.4, -0.2) is 59.0 Å². The van der Waals surface area contributed by atoms with Crippen molar-refractivity contribution in [2.24, 2.45) is 0 Å². The van der Waals surface area contributed by atoms with E-state index in [1.54, 1.807) is 37.4 Å². The van der Waals surface area contributed by atoms with E-state index in [9.17, 15) is 14.4 Å². The van der Waals surface area contributed by atoms with Crippen molar-refractivity contribution in [1.29, 1.82) is 0 Å². The normalized spacial score (nSPS) is 13.1. The number of hydrogen-bond donors (Lipinski definition) is 2. The summed E-state index contributed by atoms with van der Waals surface area (Å²) >= 11 is 1.61. The molecule has 0 fully saturated rings. The summed E-state index contributed by atoms with van der Waals surface area (Å²) < 4.78 is 5.48. The summed E-state index contributed by atoms with van der Waals surface area (Å²) in [4.78, 5) is 42.4. The zero-order valence-electron chi connectivity index (χ0n) is 25.8. The second-order valence-corrected chi connectivity index (χ2v) is 12.8. The van der Waals surface area contributed by atoms with Crippen LogP contribution in [0.5, 0.6) is 0 Å². The van der Waals surface area contributed by atoms with Gasteiger partial charge in [-0.05, 0) is 78.9 Å². The Balaban J connectivity index is 3.46. The maximum Gasteiger partial charge on any atom is 0.408 e. The third-order valence-electron chi connectivity index (χ3n) is 6.19. The fourth-order valence-electron chi connectivity index (χ4n) is 4.58. The number of carbonyl (C=O) groups is 3. The summed E-state index contributed by atoms with van der Waals surface area (Å²) in [6, 6.07) is 4.35. The predicted molar refractivity (Wildman–Crippen MR) is 163 cm³/mol. The summed E-state index contributed by atoms with van der Waals surface area (Å²) in [6.45, 7) is 15.8. The van der Waals surface area contributed by atoms with Crippen LogP contribution in [0.1, 0.15) is 109 Å². The SMILES string of the molecule is CCCCCCCCN(C(=O)C(CCSC)NC(=O)OC(C)(C)C)C(C(=O)NC(C)C)c1cc(C)cc(C)c1. The lowest BCUT2D eigenvalue weighted by molar-refractivity contribution is -0.142. The van der Waals surface area contributed by atoms with E-state index in [1.165, 1.54) is 12.8 Å². The van der Waals surface area contributed by atoms with Gasteiger partial charge < -0.3 is 20.3 Å². The topological polar surface area (TPSA) is 87.7 Å². The number of aryl methyl sites for hydroxylation is 2. The molecule has 39 heavy (non-hydrogen) atoms. The smallest absolute Gasteiger partial charge is 0.408 e. The lowest BCUT2D eigenvalue weighted by Gasteiger charge is -2.35. The molecule has 0 aliphatic heterocycles. The lowest BCUT2D eigenvalue weighted by atomic mass is 9.97. The minimum atomic E-state index is -0.800. The molecule has 222 valence electrons. The molecule has 2 N–H and O–H groups in total. The van der Waals surface area contributed by atoms with Crippen LogP contribution >= 0.6 is 11.8 Å². The van der Waals surface area contributed by atoms with Crippen molar-refractivity contribution < 1.29 is 19.1 Å². The molecule has 2 unspecified atom stereocenters. The van der Waals surface area contributed by atoms with Crippen molar-refractivity contribution in [3.05, 3.63) is 34.9 Å². The van der Waals surface area contributed by atoms with Gasteiger partial charge in [-0.2, -0.15) is 11.8 Å². The highest BCUT2D eigenvalue weighted by molar-refractivity contribution is 7.98. The number of rotatable bonds is 16. The first-order chi connectivity index (χ1) is 18.3. The highest BCUT2D eigenvalue weighted by Crippen LogP contribution is 2.26. The van der Waals surface area contributed by atoms with Crippen molar-refractivity contribution in [3.8, 4) is 0 Å². The van der Waals surface area contributed by atoms with E-state index in [0.717, 1.165) is 42.4 Å². The first kappa shape index (κ1) is 34.8.